The highest BCUT2D eigenvalue weighted by molar-refractivity contribution is 8.18. The van der Waals surface area contributed by atoms with E-state index in [0.29, 0.717) is 72.3 Å². The number of hydrogen-bond donors (Lipinski definition) is 1. The number of carbonyl (C=O) groups excluding carboxylic acids is 3. The number of aromatic nitrogens is 2. The summed E-state index contributed by atoms with van der Waals surface area (Å²) in [5.41, 5.74) is 3.54. The lowest BCUT2D eigenvalue weighted by Gasteiger charge is -2.32. The van der Waals surface area contributed by atoms with Gasteiger partial charge >= 0.3 is 0 Å². The molecule has 2 amide bonds. The number of rotatable bonds is 12. The largest absolute Gasteiger partial charge is 0.494 e. The normalized spacial score (nSPS) is 19.4. The lowest BCUT2D eigenvalue weighted by molar-refractivity contribution is -0.115. The van der Waals surface area contributed by atoms with Crippen molar-refractivity contribution >= 4 is 56.2 Å². The summed E-state index contributed by atoms with van der Waals surface area (Å²) >= 11 is 0.853. The number of carbonyl (C=O) groups is 3. The molecule has 1 aromatic heterocycles. The van der Waals surface area contributed by atoms with E-state index in [0.717, 1.165) is 29.4 Å². The molecule has 2 saturated heterocycles. The number of nitrogens with one attached hydrogen (secondary N) is 1. The highest BCUT2D eigenvalue weighted by Crippen LogP contribution is 2.38. The minimum atomic E-state index is -3.83. The minimum Gasteiger partial charge on any atom is -0.494 e. The molecule has 2 aromatic carbocycles. The molecule has 3 aromatic rings. The van der Waals surface area contributed by atoms with E-state index in [4.69, 9.17) is 14.5 Å². The van der Waals surface area contributed by atoms with Gasteiger partial charge < -0.3 is 14.4 Å². The molecule has 4 heterocycles. The first-order chi connectivity index (χ1) is 24.0. The van der Waals surface area contributed by atoms with Crippen LogP contribution >= 0.6 is 11.8 Å². The Bertz CT molecular complexity index is 1980. The van der Waals surface area contributed by atoms with Gasteiger partial charge in [-0.3, -0.25) is 24.4 Å². The van der Waals surface area contributed by atoms with Gasteiger partial charge in [0.25, 0.3) is 11.1 Å². The summed E-state index contributed by atoms with van der Waals surface area (Å²) < 4.78 is 42.6. The molecule has 3 aliphatic rings. The Morgan fingerprint density at radius 1 is 1.00 bits per heavy atom. The molecular formula is C35H40N6O7S2. The van der Waals surface area contributed by atoms with E-state index >= 15 is 0 Å². The molecule has 50 heavy (non-hydrogen) atoms. The summed E-state index contributed by atoms with van der Waals surface area (Å²) in [6.07, 6.45) is 3.41. The molecule has 0 spiro atoms. The van der Waals surface area contributed by atoms with Crippen LogP contribution in [-0.2, 0) is 28.3 Å². The number of Topliss-reactive ketones (excluding diaryl/α,β-unsaturated/α-hetero) is 1. The second-order valence-corrected chi connectivity index (χ2v) is 15.2. The van der Waals surface area contributed by atoms with E-state index in [-0.39, 0.29) is 29.6 Å². The topological polar surface area (TPSA) is 152 Å². The zero-order valence-corrected chi connectivity index (χ0v) is 30.1. The van der Waals surface area contributed by atoms with Gasteiger partial charge in [0, 0.05) is 38.8 Å². The Hall–Kier alpha value is -4.31. The molecule has 0 aliphatic carbocycles. The Morgan fingerprint density at radius 2 is 1.74 bits per heavy atom. The number of thioether (sulfide) groups is 1. The zero-order chi connectivity index (χ0) is 35.6. The standard InChI is InChI=1S/C35H40N6O7S2/c1-5-7-26-31-32(40(4)38-26)33(42)25(14-19-48-24-11-8-22(9-12-24)20-28-34(43)37-35(44)49-28)30(36-31)23-10-13-29(27(21-23)47-6-2)50(45,46)41-17-15-39(3)16-18-41/h8-13,20-21,25H,5-7,14-19H2,1-4H3,(H,37,43,44)/b28-20+. The number of fused-ring (bicyclic) bond motifs is 1. The first-order valence-electron chi connectivity index (χ1n) is 16.6. The average Bonchev–Trinajstić information content (AvgIpc) is 3.58. The summed E-state index contributed by atoms with van der Waals surface area (Å²) in [6.45, 7) is 6.33. The first kappa shape index (κ1) is 35.5. The monoisotopic (exact) mass is 720 g/mol. The lowest BCUT2D eigenvalue weighted by Crippen LogP contribution is -2.47. The van der Waals surface area contributed by atoms with Crippen molar-refractivity contribution in [1.82, 2.24) is 24.3 Å². The van der Waals surface area contributed by atoms with Crippen molar-refractivity contribution in [2.24, 2.45) is 18.0 Å². The van der Waals surface area contributed by atoms with Gasteiger partial charge in [-0.25, -0.2) is 13.4 Å². The van der Waals surface area contributed by atoms with Crippen molar-refractivity contribution in [3.05, 3.63) is 69.9 Å². The fraction of sp³-hybridized carbons (Fsp3) is 0.400. The van der Waals surface area contributed by atoms with Gasteiger partial charge in [0.2, 0.25) is 10.0 Å². The summed E-state index contributed by atoms with van der Waals surface area (Å²) in [4.78, 5) is 45.1. The second-order valence-electron chi connectivity index (χ2n) is 12.3. The molecule has 1 N–H and O–H groups in total. The van der Waals surface area contributed by atoms with Crippen LogP contribution in [0.4, 0.5) is 10.5 Å². The molecule has 1 atom stereocenters. The predicted octanol–water partition coefficient (Wildman–Crippen LogP) is 4.43. The minimum absolute atomic E-state index is 0.0851. The number of aliphatic imine (C=N–C) groups is 1. The smallest absolute Gasteiger partial charge is 0.290 e. The molecule has 3 aliphatic heterocycles. The molecule has 15 heteroatoms. The molecule has 0 saturated carbocycles. The Labute approximate surface area is 295 Å². The third-order valence-electron chi connectivity index (χ3n) is 8.81. The number of sulfonamides is 1. The lowest BCUT2D eigenvalue weighted by atomic mass is 9.85. The van der Waals surface area contributed by atoms with Crippen molar-refractivity contribution < 1.29 is 32.3 Å². The van der Waals surface area contributed by atoms with Gasteiger partial charge in [-0.05, 0) is 74.5 Å². The van der Waals surface area contributed by atoms with E-state index in [1.165, 1.54) is 4.31 Å². The van der Waals surface area contributed by atoms with Gasteiger partial charge in [-0.15, -0.1) is 0 Å². The van der Waals surface area contributed by atoms with Crippen molar-refractivity contribution in [3.8, 4) is 11.5 Å². The Kier molecular flexibility index (Phi) is 10.6. The van der Waals surface area contributed by atoms with Crippen LogP contribution in [-0.4, -0.2) is 96.5 Å². The van der Waals surface area contributed by atoms with Gasteiger partial charge in [-0.2, -0.15) is 9.40 Å². The fourth-order valence-electron chi connectivity index (χ4n) is 6.23. The van der Waals surface area contributed by atoms with Crippen LogP contribution in [0.15, 0.2) is 57.3 Å². The molecule has 1 unspecified atom stereocenters. The van der Waals surface area contributed by atoms with Crippen molar-refractivity contribution in [3.63, 3.8) is 0 Å². The number of imide groups is 1. The van der Waals surface area contributed by atoms with E-state index < -0.39 is 27.1 Å². The van der Waals surface area contributed by atoms with E-state index in [1.807, 2.05) is 14.0 Å². The summed E-state index contributed by atoms with van der Waals surface area (Å²) in [5.74, 6) is -0.471. The first-order valence-corrected chi connectivity index (χ1v) is 18.9. The Balaban J connectivity index is 1.28. The number of aryl methyl sites for hydroxylation is 2. The van der Waals surface area contributed by atoms with Gasteiger partial charge in [0.15, 0.2) is 5.78 Å². The van der Waals surface area contributed by atoms with Crippen molar-refractivity contribution in [2.45, 2.75) is 38.0 Å². The maximum absolute atomic E-state index is 14.2. The molecule has 2 fully saturated rings. The number of nitrogens with zero attached hydrogens (tertiary/aromatic N) is 5. The van der Waals surface area contributed by atoms with Crippen LogP contribution in [0, 0.1) is 5.92 Å². The fourth-order valence-corrected chi connectivity index (χ4v) is 8.45. The third-order valence-corrected chi connectivity index (χ3v) is 11.6. The molecular weight excluding hydrogens is 681 g/mol. The Morgan fingerprint density at radius 3 is 2.40 bits per heavy atom. The van der Waals surface area contributed by atoms with Crippen LogP contribution in [0.2, 0.25) is 0 Å². The molecule has 264 valence electrons. The van der Waals surface area contributed by atoms with E-state index in [2.05, 4.69) is 15.3 Å². The maximum Gasteiger partial charge on any atom is 0.290 e. The number of hydrogen-bond acceptors (Lipinski definition) is 11. The summed E-state index contributed by atoms with van der Waals surface area (Å²) in [5, 5.41) is 6.46. The summed E-state index contributed by atoms with van der Waals surface area (Å²) in [6, 6.07) is 12.0. The van der Waals surface area contributed by atoms with Crippen LogP contribution in [0.5, 0.6) is 11.5 Å². The van der Waals surface area contributed by atoms with E-state index in [1.54, 1.807) is 67.2 Å². The van der Waals surface area contributed by atoms with Crippen LogP contribution < -0.4 is 14.8 Å². The third kappa shape index (κ3) is 7.26. The van der Waals surface area contributed by atoms with Crippen molar-refractivity contribution in [2.75, 3.05) is 46.4 Å². The highest BCUT2D eigenvalue weighted by Gasteiger charge is 2.38. The number of ketones is 1. The maximum atomic E-state index is 14.2. The number of likely N-dealkylation sites (N-methyl/N-ethyl adjacent to an activating group) is 1. The van der Waals surface area contributed by atoms with Gasteiger partial charge in [0.05, 0.1) is 35.4 Å². The molecule has 0 bridgehead atoms. The quantitative estimate of drug-likeness (QED) is 0.266. The van der Waals surface area contributed by atoms with Crippen LogP contribution in [0.25, 0.3) is 6.08 Å². The number of ether oxygens (including phenoxy) is 2. The number of piperazine rings is 1. The van der Waals surface area contributed by atoms with Crippen LogP contribution in [0.3, 0.4) is 0 Å². The SMILES string of the molecule is CCCc1nn(C)c2c1N=C(c1ccc(S(=O)(=O)N3CCN(C)CC3)c(OCC)c1)C(CCOc1ccc(/C=C3/SC(=O)NC3=O)cc1)C2=O. The zero-order valence-electron chi connectivity index (χ0n) is 28.5. The second kappa shape index (κ2) is 14.9. The van der Waals surface area contributed by atoms with E-state index in [9.17, 15) is 22.8 Å². The average molecular weight is 721 g/mol. The number of amides is 2. The predicted molar refractivity (Wildman–Crippen MR) is 191 cm³/mol. The van der Waals surface area contributed by atoms with Crippen LogP contribution in [0.1, 0.15) is 54.0 Å². The summed E-state index contributed by atoms with van der Waals surface area (Å²) in [7, 11) is -0.114. The highest BCUT2D eigenvalue weighted by atomic mass is 32.2. The molecule has 6 rings (SSSR count). The van der Waals surface area contributed by atoms with Gasteiger partial charge in [0.1, 0.15) is 27.8 Å². The molecule has 13 nitrogen and oxygen atoms in total. The van der Waals surface area contributed by atoms with Crippen molar-refractivity contribution in [1.29, 1.82) is 0 Å². The number of benzene rings is 2. The molecule has 0 radical (unpaired) electrons. The van der Waals surface area contributed by atoms with Gasteiger partial charge in [-0.1, -0.05) is 31.5 Å².